The Hall–Kier alpha value is -2.15. The lowest BCUT2D eigenvalue weighted by Gasteiger charge is -2.32. The normalized spacial score (nSPS) is 18.0. The number of benzene rings is 1. The zero-order valence-electron chi connectivity index (χ0n) is 19.7. The molecular weight excluding hydrogens is 438 g/mol. The summed E-state index contributed by atoms with van der Waals surface area (Å²) in [6.45, 7) is 7.95. The summed E-state index contributed by atoms with van der Waals surface area (Å²) in [6.07, 6.45) is 5.21. The van der Waals surface area contributed by atoms with Gasteiger partial charge in [-0.25, -0.2) is 0 Å². The Labute approximate surface area is 201 Å². The van der Waals surface area contributed by atoms with Gasteiger partial charge in [0.2, 0.25) is 5.91 Å². The number of likely N-dealkylation sites (tertiary alicyclic amines) is 2. The van der Waals surface area contributed by atoms with Crippen molar-refractivity contribution in [3.05, 3.63) is 52.3 Å². The molecule has 178 valence electrons. The number of Topliss-reactive ketones (excluding diaryl/α,β-unsaturated/α-hetero) is 1. The second-order valence-corrected chi connectivity index (χ2v) is 9.68. The van der Waals surface area contributed by atoms with Crippen LogP contribution in [0.25, 0.3) is 5.69 Å². The van der Waals surface area contributed by atoms with E-state index >= 15 is 0 Å². The van der Waals surface area contributed by atoms with Gasteiger partial charge >= 0.3 is 0 Å². The standard InChI is InChI=1S/C26H34ClN3O3/c1-19-16-24(20(2)30(19)22-8-6-21(27)7-9-22)25(31)17-28-14-10-23(11-15-28)33-18-26(32)29-12-4-3-5-13-29/h6-9,16,23H,3-5,10-15,17-18H2,1-2H3. The molecule has 2 saturated heterocycles. The van der Waals surface area contributed by atoms with E-state index in [0.717, 1.165) is 74.5 Å². The van der Waals surface area contributed by atoms with E-state index in [2.05, 4.69) is 9.47 Å². The first-order chi connectivity index (χ1) is 15.9. The molecule has 6 nitrogen and oxygen atoms in total. The molecule has 2 fully saturated rings. The Morgan fingerprint density at radius 3 is 2.33 bits per heavy atom. The number of halogens is 1. The molecule has 0 aliphatic carbocycles. The van der Waals surface area contributed by atoms with Crippen molar-refractivity contribution in [1.29, 1.82) is 0 Å². The SMILES string of the molecule is Cc1cc(C(=O)CN2CCC(OCC(=O)N3CCCCC3)CC2)c(C)n1-c1ccc(Cl)cc1. The van der Waals surface area contributed by atoms with Gasteiger partial charge in [0, 0.05) is 53.8 Å². The van der Waals surface area contributed by atoms with E-state index in [1.165, 1.54) is 6.42 Å². The first-order valence-corrected chi connectivity index (χ1v) is 12.4. The predicted molar refractivity (Wildman–Crippen MR) is 130 cm³/mol. The van der Waals surface area contributed by atoms with Crippen LogP contribution in [0.4, 0.5) is 0 Å². The van der Waals surface area contributed by atoms with Gasteiger partial charge in [-0.05, 0) is 76.3 Å². The zero-order valence-corrected chi connectivity index (χ0v) is 20.4. The van der Waals surface area contributed by atoms with E-state index < -0.39 is 0 Å². The molecule has 0 unspecified atom stereocenters. The van der Waals surface area contributed by atoms with Gasteiger partial charge in [-0.3, -0.25) is 14.5 Å². The van der Waals surface area contributed by atoms with Crippen LogP contribution in [-0.4, -0.2) is 71.5 Å². The second kappa shape index (κ2) is 10.9. The fourth-order valence-corrected chi connectivity index (χ4v) is 5.10. The van der Waals surface area contributed by atoms with Crippen molar-refractivity contribution < 1.29 is 14.3 Å². The summed E-state index contributed by atoms with van der Waals surface area (Å²) >= 11 is 6.03. The van der Waals surface area contributed by atoms with Gasteiger partial charge in [0.05, 0.1) is 12.6 Å². The maximum atomic E-state index is 13.1. The van der Waals surface area contributed by atoms with Crippen LogP contribution in [0.2, 0.25) is 5.02 Å². The number of carbonyl (C=O) groups excluding carboxylic acids is 2. The molecule has 1 aromatic heterocycles. The summed E-state index contributed by atoms with van der Waals surface area (Å²) in [6, 6.07) is 9.65. The van der Waals surface area contributed by atoms with Crippen molar-refractivity contribution in [2.45, 2.75) is 52.1 Å². The summed E-state index contributed by atoms with van der Waals surface area (Å²) in [5.74, 6) is 0.256. The molecule has 2 aliphatic heterocycles. The lowest BCUT2D eigenvalue weighted by molar-refractivity contribution is -0.140. The average Bonchev–Trinajstić information content (AvgIpc) is 3.13. The fourth-order valence-electron chi connectivity index (χ4n) is 4.98. The van der Waals surface area contributed by atoms with Gasteiger partial charge in [-0.1, -0.05) is 11.6 Å². The van der Waals surface area contributed by atoms with E-state index in [4.69, 9.17) is 16.3 Å². The van der Waals surface area contributed by atoms with Crippen LogP contribution in [0.15, 0.2) is 30.3 Å². The van der Waals surface area contributed by atoms with E-state index in [-0.39, 0.29) is 24.4 Å². The molecule has 7 heteroatoms. The van der Waals surface area contributed by atoms with E-state index in [0.29, 0.717) is 11.6 Å². The van der Waals surface area contributed by atoms with Crippen molar-refractivity contribution in [2.24, 2.45) is 0 Å². The first-order valence-electron chi connectivity index (χ1n) is 12.0. The smallest absolute Gasteiger partial charge is 0.248 e. The minimum Gasteiger partial charge on any atom is -0.368 e. The number of nitrogens with zero attached hydrogens (tertiary/aromatic N) is 3. The number of ketones is 1. The molecule has 0 N–H and O–H groups in total. The highest BCUT2D eigenvalue weighted by molar-refractivity contribution is 6.30. The summed E-state index contributed by atoms with van der Waals surface area (Å²) in [5.41, 5.74) is 3.76. The van der Waals surface area contributed by atoms with Crippen LogP contribution in [0, 0.1) is 13.8 Å². The van der Waals surface area contributed by atoms with Crippen LogP contribution < -0.4 is 0 Å². The molecule has 33 heavy (non-hydrogen) atoms. The van der Waals surface area contributed by atoms with Crippen molar-refractivity contribution in [1.82, 2.24) is 14.4 Å². The maximum absolute atomic E-state index is 13.1. The number of piperidine rings is 2. The van der Waals surface area contributed by atoms with Crippen molar-refractivity contribution in [2.75, 3.05) is 39.3 Å². The highest BCUT2D eigenvalue weighted by atomic mass is 35.5. The van der Waals surface area contributed by atoms with E-state index in [1.807, 2.05) is 49.1 Å². The number of amides is 1. The third-order valence-corrected chi connectivity index (χ3v) is 7.12. The number of aryl methyl sites for hydroxylation is 1. The minimum absolute atomic E-state index is 0.0973. The molecule has 3 heterocycles. The molecule has 0 spiro atoms. The Bertz CT molecular complexity index is 971. The molecule has 4 rings (SSSR count). The van der Waals surface area contributed by atoms with Crippen molar-refractivity contribution in [3.63, 3.8) is 0 Å². The average molecular weight is 472 g/mol. The van der Waals surface area contributed by atoms with Gasteiger partial charge < -0.3 is 14.2 Å². The monoisotopic (exact) mass is 471 g/mol. The Balaban J connectivity index is 1.27. The van der Waals surface area contributed by atoms with Crippen LogP contribution in [0.5, 0.6) is 0 Å². The third-order valence-electron chi connectivity index (χ3n) is 6.87. The zero-order chi connectivity index (χ0) is 23.4. The van der Waals surface area contributed by atoms with E-state index in [1.54, 1.807) is 0 Å². The number of rotatable bonds is 7. The lowest BCUT2D eigenvalue weighted by atomic mass is 10.1. The molecule has 2 aliphatic rings. The molecule has 0 atom stereocenters. The summed E-state index contributed by atoms with van der Waals surface area (Å²) in [4.78, 5) is 29.5. The van der Waals surface area contributed by atoms with Gasteiger partial charge in [-0.2, -0.15) is 0 Å². The summed E-state index contributed by atoms with van der Waals surface area (Å²) in [5, 5.41) is 0.695. The second-order valence-electron chi connectivity index (χ2n) is 9.25. The predicted octanol–water partition coefficient (Wildman–Crippen LogP) is 4.42. The molecule has 1 amide bonds. The molecule has 0 bridgehead atoms. The fraction of sp³-hybridized carbons (Fsp3) is 0.538. The maximum Gasteiger partial charge on any atom is 0.248 e. The van der Waals surface area contributed by atoms with Crippen LogP contribution in [-0.2, 0) is 9.53 Å². The number of ether oxygens (including phenoxy) is 1. The van der Waals surface area contributed by atoms with Crippen LogP contribution in [0.1, 0.15) is 53.8 Å². The highest BCUT2D eigenvalue weighted by Crippen LogP contribution is 2.23. The summed E-state index contributed by atoms with van der Waals surface area (Å²) < 4.78 is 8.02. The largest absolute Gasteiger partial charge is 0.368 e. The van der Waals surface area contributed by atoms with Gasteiger partial charge in [-0.15, -0.1) is 0 Å². The Morgan fingerprint density at radius 1 is 1.00 bits per heavy atom. The van der Waals surface area contributed by atoms with Gasteiger partial charge in [0.25, 0.3) is 0 Å². The highest BCUT2D eigenvalue weighted by Gasteiger charge is 2.25. The van der Waals surface area contributed by atoms with Crippen molar-refractivity contribution >= 4 is 23.3 Å². The lowest BCUT2D eigenvalue weighted by Crippen LogP contribution is -2.42. The molecule has 2 aromatic rings. The minimum atomic E-state index is 0.0973. The van der Waals surface area contributed by atoms with E-state index in [9.17, 15) is 9.59 Å². The number of aromatic nitrogens is 1. The number of carbonyl (C=O) groups is 2. The van der Waals surface area contributed by atoms with Gasteiger partial charge in [0.1, 0.15) is 6.61 Å². The quantitative estimate of drug-likeness (QED) is 0.561. The third kappa shape index (κ3) is 5.86. The number of hydrogen-bond acceptors (Lipinski definition) is 4. The van der Waals surface area contributed by atoms with Gasteiger partial charge in [0.15, 0.2) is 5.78 Å². The Kier molecular flexibility index (Phi) is 7.89. The molecule has 0 saturated carbocycles. The topological polar surface area (TPSA) is 54.8 Å². The number of hydrogen-bond donors (Lipinski definition) is 0. The summed E-state index contributed by atoms with van der Waals surface area (Å²) in [7, 11) is 0. The molecule has 0 radical (unpaired) electrons. The van der Waals surface area contributed by atoms with Crippen LogP contribution >= 0.6 is 11.6 Å². The molecular formula is C26H34ClN3O3. The van der Waals surface area contributed by atoms with Crippen LogP contribution in [0.3, 0.4) is 0 Å². The molecule has 1 aromatic carbocycles. The van der Waals surface area contributed by atoms with Crippen molar-refractivity contribution in [3.8, 4) is 5.69 Å². The Morgan fingerprint density at radius 2 is 1.67 bits per heavy atom. The first kappa shape index (κ1) is 24.0.